The highest BCUT2D eigenvalue weighted by atomic mass is 16.5. The van der Waals surface area contributed by atoms with Gasteiger partial charge in [-0.25, -0.2) is 0 Å². The molecule has 63 heavy (non-hydrogen) atoms. The van der Waals surface area contributed by atoms with Crippen LogP contribution < -0.4 is 10.1 Å². The molecule has 0 bridgehead atoms. The predicted octanol–water partition coefficient (Wildman–Crippen LogP) is -17.0. The molecule has 1 aromatic rings. The normalized spacial score (nSPS) is 10.8. The Kier molecular flexibility index (Phi) is 30.1. The van der Waals surface area contributed by atoms with Gasteiger partial charge in [0.05, 0.1) is 0 Å². The molecular formula is C12H18B48N2O. The monoisotopic (exact) mass is 735 g/mol. The van der Waals surface area contributed by atoms with Gasteiger partial charge in [-0.15, -0.1) is 0 Å². The number of likely N-dealkylation sites (N-methyl/N-ethyl adjacent to an activating group) is 1. The van der Waals surface area contributed by atoms with Crippen LogP contribution in [0.5, 0.6) is 5.75 Å². The van der Waals surface area contributed by atoms with Gasteiger partial charge in [0, 0.05) is 360 Å². The Morgan fingerprint density at radius 2 is 0.683 bits per heavy atom. The molecule has 226 valence electrons. The number of nitrogens with one attached hydrogen (secondary N) is 1. The zero-order valence-electron chi connectivity index (χ0n) is 37.1. The van der Waals surface area contributed by atoms with Crippen LogP contribution in [-0.4, -0.2) is 372 Å². The number of fused-ring (bicyclic) bond motifs is 1. The Hall–Kier alpha value is 2.06. The van der Waals surface area contributed by atoms with Crippen molar-refractivity contribution in [3.8, 4) is 5.75 Å². The van der Waals surface area contributed by atoms with E-state index in [4.69, 9.17) is 198 Å². The van der Waals surface area contributed by atoms with Crippen molar-refractivity contribution >= 4 is 340 Å². The summed E-state index contributed by atoms with van der Waals surface area (Å²) >= 11 is 0. The molecule has 0 saturated carbocycles. The van der Waals surface area contributed by atoms with E-state index in [1.807, 2.05) is 0 Å². The highest BCUT2D eigenvalue weighted by Crippen LogP contribution is 2.23. The summed E-state index contributed by atoms with van der Waals surface area (Å²) in [6, 6.07) is 6.35. The Morgan fingerprint density at radius 3 is 0.968 bits per heavy atom. The molecule has 3 nitrogen and oxygen atoms in total. The van der Waals surface area contributed by atoms with Gasteiger partial charge in [-0.3, -0.25) is 0 Å². The van der Waals surface area contributed by atoms with Crippen LogP contribution >= 0.6 is 0 Å². The minimum absolute atomic E-state index is 0.749. The molecule has 0 spiro atoms. The van der Waals surface area contributed by atoms with Gasteiger partial charge in [-0.05, 0) is 37.4 Å². The molecule has 2 rings (SSSR count). The first kappa shape index (κ1) is 63.1. The summed E-state index contributed by atoms with van der Waals surface area (Å²) in [6.45, 7) is 3.67. The van der Waals surface area contributed by atoms with Crippen LogP contribution in [0.25, 0.3) is 0 Å². The van der Waals surface area contributed by atoms with E-state index >= 15 is 0 Å². The summed E-state index contributed by atoms with van der Waals surface area (Å²) in [4.78, 5) is 2.12. The van der Waals surface area contributed by atoms with Gasteiger partial charge in [0.1, 0.15) is 12.4 Å². The van der Waals surface area contributed by atoms with Gasteiger partial charge in [-0.1, -0.05) is 6.07 Å². The van der Waals surface area contributed by atoms with Crippen LogP contribution in [0.15, 0.2) is 18.2 Å². The fourth-order valence-electron chi connectivity index (χ4n) is 9.66. The molecule has 51 heteroatoms. The molecule has 1 heterocycles. The zero-order chi connectivity index (χ0) is 49.0. The third-order valence-corrected chi connectivity index (χ3v) is 12.4. The lowest BCUT2D eigenvalue weighted by atomic mass is 8.25. The first-order valence-corrected chi connectivity index (χ1v) is 21.0. The SMILES string of the molecule is CN(C)CCOc1ccc2c(c1)CNC2.[B]B([B])B([B])B(B([B])[B])B(B(B([B])[B])B([B])[B])B(B(B(B([B])[B])B([B])[B])B(B([B])[B])B([B])[B])B(B(B([B])[B])B([B])[B])B(B([B])[B])B([B])[B]. The van der Waals surface area contributed by atoms with E-state index in [1.165, 1.54) is 11.1 Å². The first-order chi connectivity index (χ1) is 29.0. The van der Waals surface area contributed by atoms with Crippen LogP contribution in [0.3, 0.4) is 0 Å². The zero-order valence-corrected chi connectivity index (χ0v) is 37.1. The van der Waals surface area contributed by atoms with Gasteiger partial charge in [0.15, 0.2) is 0 Å². The van der Waals surface area contributed by atoms with Gasteiger partial charge in [0.25, 0.3) is 0 Å². The molecule has 1 N–H and O–H groups in total. The van der Waals surface area contributed by atoms with E-state index in [2.05, 4.69) is 42.5 Å². The highest BCUT2D eigenvalue weighted by molar-refractivity contribution is 8.35. The predicted molar refractivity (Wildman–Crippen MR) is 337 cm³/mol. The van der Waals surface area contributed by atoms with E-state index in [1.54, 1.807) is 0 Å². The summed E-state index contributed by atoms with van der Waals surface area (Å²) in [7, 11) is 164. The first-order valence-electron chi connectivity index (χ1n) is 21.0. The Balaban J connectivity index is 0.00000109. The third-order valence-electron chi connectivity index (χ3n) is 12.4. The Morgan fingerprint density at radius 1 is 0.397 bits per heavy atom. The number of nitrogens with zero attached hydrogens (tertiary/aromatic N) is 1. The van der Waals surface area contributed by atoms with Crippen molar-refractivity contribution in [3.63, 3.8) is 0 Å². The average Bonchev–Trinajstić information content (AvgIpc) is 3.58. The third kappa shape index (κ3) is 18.6. The number of ether oxygens (including phenoxy) is 1. The van der Waals surface area contributed by atoms with Gasteiger partial charge in [0.2, 0.25) is 0 Å². The molecule has 0 unspecified atom stereocenters. The second-order valence-electron chi connectivity index (χ2n) is 17.5. The number of rotatable bonds is 26. The molecule has 1 aliphatic rings. The van der Waals surface area contributed by atoms with Crippen LogP contribution in [-0.2, 0) is 13.1 Å². The second kappa shape index (κ2) is 30.1. The van der Waals surface area contributed by atoms with Crippen molar-refractivity contribution in [2.24, 2.45) is 0 Å². The summed E-state index contributed by atoms with van der Waals surface area (Å²) in [5.74, 6) is 0.985. The van der Waals surface area contributed by atoms with Crippen LogP contribution in [0.4, 0.5) is 0 Å². The Bertz CT molecular complexity index is 1270. The summed E-state index contributed by atoms with van der Waals surface area (Å²) in [6.07, 6.45) is -29.1. The summed E-state index contributed by atoms with van der Waals surface area (Å²) in [5, 5.41) is 3.33. The quantitative estimate of drug-likeness (QED) is 0.0963. The van der Waals surface area contributed by atoms with Crippen LogP contribution in [0.1, 0.15) is 11.1 Å². The molecule has 0 saturated heterocycles. The van der Waals surface area contributed by atoms with Gasteiger partial charge < -0.3 is 15.0 Å². The maximum absolute atomic E-state index is 6.65. The van der Waals surface area contributed by atoms with Crippen molar-refractivity contribution in [2.45, 2.75) is 13.1 Å². The lowest BCUT2D eigenvalue weighted by Gasteiger charge is -2.56. The highest BCUT2D eigenvalue weighted by Gasteiger charge is 2.59. The van der Waals surface area contributed by atoms with Gasteiger partial charge >= 0.3 is 0 Å². The summed E-state index contributed by atoms with van der Waals surface area (Å²) < 4.78 is 5.67. The number of hydrogen-bond donors (Lipinski definition) is 1. The lowest BCUT2D eigenvalue weighted by molar-refractivity contribution is 0.261. The van der Waals surface area contributed by atoms with Crippen LogP contribution in [0.2, 0.25) is 0 Å². The minimum Gasteiger partial charge on any atom is -0.492 e. The largest absolute Gasteiger partial charge is 0.492 e. The minimum atomic E-state index is -1.34. The van der Waals surface area contributed by atoms with E-state index in [0.29, 0.717) is 0 Å². The average molecular weight is 725 g/mol. The molecule has 50 radical (unpaired) electrons. The van der Waals surface area contributed by atoms with Crippen molar-refractivity contribution in [3.05, 3.63) is 29.3 Å². The van der Waals surface area contributed by atoms with E-state index in [9.17, 15) is 0 Å². The molecule has 0 aliphatic carbocycles. The molecule has 0 fully saturated rings. The van der Waals surface area contributed by atoms with Crippen molar-refractivity contribution in [1.29, 1.82) is 0 Å². The fourth-order valence-corrected chi connectivity index (χ4v) is 9.66. The molecule has 1 aliphatic heterocycles. The number of hydrogen-bond acceptors (Lipinski definition) is 3. The Labute approximate surface area is 427 Å². The topological polar surface area (TPSA) is 24.5 Å². The standard InChI is InChI=1S/C12H18N2O.B48/c1-14(2)5-6-15-12-4-3-10-8-13-9-11(10)7-12;1-26(2)38(25)44(37(23)24)47(43(35(19)20)36(21)22)48(45(39(27(3)4)28(5)6)40(29(7)8)30(9)10)46(41(31(11)12)32(13)14)42(33(15)16)34(17)18/h3-4,7,13H,5-6,8-9H2,1-2H3;. The fraction of sp³-hybridized carbons (Fsp3) is 0.500. The van der Waals surface area contributed by atoms with Gasteiger partial charge in [-0.2, -0.15) is 0 Å². The molecule has 0 aromatic heterocycles. The molecule has 0 amide bonds. The lowest BCUT2D eigenvalue weighted by Crippen LogP contribution is -2.94. The number of benzene rings is 1. The van der Waals surface area contributed by atoms with Crippen molar-refractivity contribution in [1.82, 2.24) is 10.2 Å². The maximum Gasteiger partial charge on any atom is 0.119 e. The molecular weight excluding hydrogens is 707 g/mol. The van der Waals surface area contributed by atoms with E-state index in [0.717, 1.165) is 32.0 Å². The van der Waals surface area contributed by atoms with Crippen LogP contribution in [0, 0.1) is 0 Å². The van der Waals surface area contributed by atoms with E-state index < -0.39 is 147 Å². The maximum atomic E-state index is 6.65. The second-order valence-corrected chi connectivity index (χ2v) is 17.5. The smallest absolute Gasteiger partial charge is 0.119 e. The molecule has 0 atom stereocenters. The van der Waals surface area contributed by atoms with Crippen molar-refractivity contribution < 1.29 is 4.74 Å². The van der Waals surface area contributed by atoms with Crippen molar-refractivity contribution in [2.75, 3.05) is 27.2 Å². The summed E-state index contributed by atoms with van der Waals surface area (Å²) in [5.41, 5.74) is 2.77. The van der Waals surface area contributed by atoms with E-state index in [-0.39, 0.29) is 0 Å². The molecule has 1 aromatic carbocycles.